The molecule has 0 amide bonds. The third kappa shape index (κ3) is 3.58. The number of anilines is 1. The number of nitrogens with zero attached hydrogens (tertiary/aromatic N) is 1. The minimum Gasteiger partial charge on any atom is -0.365 e. The van der Waals surface area contributed by atoms with Gasteiger partial charge in [-0.2, -0.15) is 0 Å². The van der Waals surface area contributed by atoms with E-state index < -0.39 is 5.92 Å². The summed E-state index contributed by atoms with van der Waals surface area (Å²) in [7, 11) is 0. The first-order chi connectivity index (χ1) is 14.0. The van der Waals surface area contributed by atoms with Crippen molar-refractivity contribution >= 4 is 17.3 Å². The highest BCUT2D eigenvalue weighted by atomic mass is 19.1. The average molecular weight is 387 g/mol. The minimum atomic E-state index is -0.807. The van der Waals surface area contributed by atoms with Crippen LogP contribution in [0.3, 0.4) is 0 Å². The van der Waals surface area contributed by atoms with E-state index in [9.17, 15) is 14.0 Å². The van der Waals surface area contributed by atoms with Gasteiger partial charge in [0, 0.05) is 35.5 Å². The van der Waals surface area contributed by atoms with Gasteiger partial charge in [-0.25, -0.2) is 4.39 Å². The van der Waals surface area contributed by atoms with Crippen LogP contribution in [0.1, 0.15) is 37.4 Å². The summed E-state index contributed by atoms with van der Waals surface area (Å²) in [5.74, 6) is -1.46. The first-order valence-corrected chi connectivity index (χ1v) is 9.69. The maximum atomic E-state index is 14.2. The fourth-order valence-electron chi connectivity index (χ4n) is 3.83. The molecule has 0 fully saturated rings. The number of hydrogen-bond donors (Lipinski definition) is 0. The number of fused-ring (bicyclic) bond motifs is 1. The van der Waals surface area contributed by atoms with Crippen LogP contribution in [-0.4, -0.2) is 18.1 Å². The molecule has 4 rings (SSSR count). The van der Waals surface area contributed by atoms with Gasteiger partial charge in [0.05, 0.1) is 0 Å². The zero-order valence-corrected chi connectivity index (χ0v) is 16.5. The largest absolute Gasteiger partial charge is 0.365 e. The lowest BCUT2D eigenvalue weighted by Gasteiger charge is -2.34. The smallest absolute Gasteiger partial charge is 0.177 e. The van der Waals surface area contributed by atoms with E-state index in [1.165, 1.54) is 6.07 Å². The lowest BCUT2D eigenvalue weighted by atomic mass is 9.84. The molecule has 29 heavy (non-hydrogen) atoms. The molecule has 3 aromatic rings. The summed E-state index contributed by atoms with van der Waals surface area (Å²) < 4.78 is 14.2. The second-order valence-corrected chi connectivity index (χ2v) is 7.57. The number of hydrogen-bond acceptors (Lipinski definition) is 3. The first kappa shape index (κ1) is 19.1. The Morgan fingerprint density at radius 1 is 1.00 bits per heavy atom. The van der Waals surface area contributed by atoms with Crippen molar-refractivity contribution < 1.29 is 14.0 Å². The van der Waals surface area contributed by atoms with E-state index in [1.54, 1.807) is 36.4 Å². The van der Waals surface area contributed by atoms with E-state index in [0.29, 0.717) is 23.2 Å². The molecule has 3 nitrogen and oxygen atoms in total. The number of benzene rings is 3. The molecule has 1 unspecified atom stereocenters. The second kappa shape index (κ2) is 7.63. The van der Waals surface area contributed by atoms with Crippen LogP contribution in [0.2, 0.25) is 0 Å². The Hall–Kier alpha value is -3.27. The summed E-state index contributed by atoms with van der Waals surface area (Å²) in [6.45, 7) is 4.47. The molecular weight excluding hydrogens is 365 g/mol. The molecule has 0 spiro atoms. The number of Topliss-reactive ketones (excluding diaryl/α,β-unsaturated/α-hetero) is 2. The van der Waals surface area contributed by atoms with E-state index in [2.05, 4.69) is 0 Å². The molecule has 0 N–H and O–H groups in total. The molecule has 1 heterocycles. The molecule has 3 aromatic carbocycles. The van der Waals surface area contributed by atoms with Gasteiger partial charge in [0.15, 0.2) is 11.6 Å². The summed E-state index contributed by atoms with van der Waals surface area (Å²) in [5.41, 5.74) is 4.44. The Kier molecular flexibility index (Phi) is 5.01. The highest BCUT2D eigenvalue weighted by molar-refractivity contribution is 6.19. The highest BCUT2D eigenvalue weighted by Gasteiger charge is 2.37. The van der Waals surface area contributed by atoms with Crippen molar-refractivity contribution in [2.75, 3.05) is 11.4 Å². The first-order valence-electron chi connectivity index (χ1n) is 9.69. The summed E-state index contributed by atoms with van der Waals surface area (Å²) in [5, 5.41) is 0. The standard InChI is InChI=1S/C25H22FNO2/c1-16-11-12-18(13-17(16)2)24(28)21-15-27(14-19-7-3-5-9-22(19)26)23-10-6-4-8-20(23)25(21)29/h3-13,21H,14-15H2,1-2H3. The number of aryl methyl sites for hydroxylation is 2. The second-order valence-electron chi connectivity index (χ2n) is 7.57. The minimum absolute atomic E-state index is 0.173. The van der Waals surface area contributed by atoms with Crippen LogP contribution in [-0.2, 0) is 6.54 Å². The van der Waals surface area contributed by atoms with Gasteiger partial charge in [0.25, 0.3) is 0 Å². The van der Waals surface area contributed by atoms with Crippen LogP contribution in [0.5, 0.6) is 0 Å². The van der Waals surface area contributed by atoms with Gasteiger partial charge in [0.2, 0.25) is 0 Å². The predicted molar refractivity (Wildman–Crippen MR) is 112 cm³/mol. The van der Waals surface area contributed by atoms with Crippen LogP contribution in [0.4, 0.5) is 10.1 Å². The van der Waals surface area contributed by atoms with E-state index >= 15 is 0 Å². The molecule has 146 valence electrons. The normalized spacial score (nSPS) is 15.9. The van der Waals surface area contributed by atoms with Crippen molar-refractivity contribution in [3.63, 3.8) is 0 Å². The van der Waals surface area contributed by atoms with Crippen LogP contribution >= 0.6 is 0 Å². The van der Waals surface area contributed by atoms with Gasteiger partial charge in [0.1, 0.15) is 11.7 Å². The Balaban J connectivity index is 1.71. The summed E-state index contributed by atoms with van der Waals surface area (Å²) in [6.07, 6.45) is 0. The number of carbonyl (C=O) groups is 2. The maximum Gasteiger partial charge on any atom is 0.177 e. The molecule has 1 aliphatic rings. The lowest BCUT2D eigenvalue weighted by Crippen LogP contribution is -2.42. The van der Waals surface area contributed by atoms with Crippen LogP contribution in [0, 0.1) is 25.6 Å². The average Bonchev–Trinajstić information content (AvgIpc) is 2.73. The Labute approximate surface area is 169 Å². The van der Waals surface area contributed by atoms with Crippen molar-refractivity contribution in [3.8, 4) is 0 Å². The highest BCUT2D eigenvalue weighted by Crippen LogP contribution is 2.33. The van der Waals surface area contributed by atoms with Crippen molar-refractivity contribution in [1.29, 1.82) is 0 Å². The third-order valence-electron chi connectivity index (χ3n) is 5.66. The van der Waals surface area contributed by atoms with E-state index in [0.717, 1.165) is 16.8 Å². The number of carbonyl (C=O) groups excluding carboxylic acids is 2. The lowest BCUT2D eigenvalue weighted by molar-refractivity contribution is 0.0805. The molecule has 0 saturated heterocycles. The van der Waals surface area contributed by atoms with E-state index in [-0.39, 0.29) is 23.9 Å². The van der Waals surface area contributed by atoms with Crippen molar-refractivity contribution in [3.05, 3.63) is 100 Å². The molecule has 4 heteroatoms. The maximum absolute atomic E-state index is 14.2. The summed E-state index contributed by atoms with van der Waals surface area (Å²) in [6, 6.07) is 19.4. The molecule has 1 atom stereocenters. The van der Waals surface area contributed by atoms with Crippen LogP contribution in [0.15, 0.2) is 66.7 Å². The zero-order chi connectivity index (χ0) is 20.5. The van der Waals surface area contributed by atoms with Crippen LogP contribution < -0.4 is 4.90 Å². The zero-order valence-electron chi connectivity index (χ0n) is 16.5. The fraction of sp³-hybridized carbons (Fsp3) is 0.200. The Morgan fingerprint density at radius 3 is 2.48 bits per heavy atom. The molecule has 0 aliphatic carbocycles. The topological polar surface area (TPSA) is 37.4 Å². The molecule has 0 aromatic heterocycles. The monoisotopic (exact) mass is 387 g/mol. The Bertz CT molecular complexity index is 1110. The van der Waals surface area contributed by atoms with Crippen molar-refractivity contribution in [1.82, 2.24) is 0 Å². The molecular formula is C25H22FNO2. The molecule has 0 bridgehead atoms. The quantitative estimate of drug-likeness (QED) is 0.459. The van der Waals surface area contributed by atoms with Gasteiger partial charge in [-0.1, -0.05) is 42.5 Å². The third-order valence-corrected chi connectivity index (χ3v) is 5.66. The Morgan fingerprint density at radius 2 is 1.72 bits per heavy atom. The number of para-hydroxylation sites is 1. The van der Waals surface area contributed by atoms with Gasteiger partial charge in [-0.05, 0) is 49.2 Å². The van der Waals surface area contributed by atoms with Crippen molar-refractivity contribution in [2.24, 2.45) is 5.92 Å². The fourth-order valence-corrected chi connectivity index (χ4v) is 3.83. The van der Waals surface area contributed by atoms with Gasteiger partial charge < -0.3 is 4.90 Å². The number of ketones is 2. The predicted octanol–water partition coefficient (Wildman–Crippen LogP) is 5.14. The summed E-state index contributed by atoms with van der Waals surface area (Å²) >= 11 is 0. The van der Waals surface area contributed by atoms with Gasteiger partial charge in [-0.15, -0.1) is 0 Å². The number of halogens is 1. The van der Waals surface area contributed by atoms with Crippen molar-refractivity contribution in [2.45, 2.75) is 20.4 Å². The van der Waals surface area contributed by atoms with E-state index in [1.807, 2.05) is 43.0 Å². The van der Waals surface area contributed by atoms with Crippen LogP contribution in [0.25, 0.3) is 0 Å². The van der Waals surface area contributed by atoms with Gasteiger partial charge in [-0.3, -0.25) is 9.59 Å². The van der Waals surface area contributed by atoms with Gasteiger partial charge >= 0.3 is 0 Å². The number of rotatable bonds is 4. The molecule has 0 radical (unpaired) electrons. The molecule has 1 aliphatic heterocycles. The SMILES string of the molecule is Cc1ccc(C(=O)C2CN(Cc3ccccc3F)c3ccccc3C2=O)cc1C. The summed E-state index contributed by atoms with van der Waals surface area (Å²) in [4.78, 5) is 28.3. The molecule has 0 saturated carbocycles. The van der Waals surface area contributed by atoms with E-state index in [4.69, 9.17) is 0 Å².